The Balaban J connectivity index is 1.51. The van der Waals surface area contributed by atoms with E-state index in [9.17, 15) is 4.79 Å². The fourth-order valence-electron chi connectivity index (χ4n) is 4.16. The molecule has 2 aliphatic heterocycles. The summed E-state index contributed by atoms with van der Waals surface area (Å²) in [6.45, 7) is 6.04. The normalized spacial score (nSPS) is 21.0. The van der Waals surface area contributed by atoms with Crippen LogP contribution in [-0.4, -0.2) is 56.8 Å². The Kier molecular flexibility index (Phi) is 5.90. The third kappa shape index (κ3) is 4.32. The SMILES string of the molecule is CCCN1C[C@H](NC(=O)c2ccc3c(c2)OCCO3)[C@@H](c2ccc(OC)cc2)C1. The first kappa shape index (κ1) is 19.6. The van der Waals surface area contributed by atoms with Crippen LogP contribution < -0.4 is 19.5 Å². The lowest BCUT2D eigenvalue weighted by Crippen LogP contribution is -2.40. The smallest absolute Gasteiger partial charge is 0.251 e. The van der Waals surface area contributed by atoms with Crippen LogP contribution in [0.2, 0.25) is 0 Å². The molecular weight excluding hydrogens is 368 g/mol. The maximum Gasteiger partial charge on any atom is 0.251 e. The molecular formula is C23H28N2O4. The predicted octanol–water partition coefficient (Wildman–Crippen LogP) is 3.07. The van der Waals surface area contributed by atoms with Crippen LogP contribution in [0.5, 0.6) is 17.2 Å². The number of nitrogens with one attached hydrogen (secondary N) is 1. The number of fused-ring (bicyclic) bond motifs is 1. The highest BCUT2D eigenvalue weighted by Crippen LogP contribution is 2.32. The first-order valence-corrected chi connectivity index (χ1v) is 10.2. The lowest BCUT2D eigenvalue weighted by Gasteiger charge is -2.22. The summed E-state index contributed by atoms with van der Waals surface area (Å²) < 4.78 is 16.5. The summed E-state index contributed by atoms with van der Waals surface area (Å²) in [6.07, 6.45) is 1.10. The monoisotopic (exact) mass is 396 g/mol. The molecule has 0 unspecified atom stereocenters. The van der Waals surface area contributed by atoms with Gasteiger partial charge in [-0.05, 0) is 48.9 Å². The van der Waals surface area contributed by atoms with E-state index in [0.717, 1.165) is 31.8 Å². The van der Waals surface area contributed by atoms with Crippen molar-refractivity contribution in [2.24, 2.45) is 0 Å². The fraction of sp³-hybridized carbons (Fsp3) is 0.435. The largest absolute Gasteiger partial charge is 0.497 e. The lowest BCUT2D eigenvalue weighted by atomic mass is 9.94. The van der Waals surface area contributed by atoms with Crippen molar-refractivity contribution < 1.29 is 19.0 Å². The number of hydrogen-bond acceptors (Lipinski definition) is 5. The van der Waals surface area contributed by atoms with Gasteiger partial charge in [-0.25, -0.2) is 0 Å². The van der Waals surface area contributed by atoms with Gasteiger partial charge in [-0.2, -0.15) is 0 Å². The van der Waals surface area contributed by atoms with Gasteiger partial charge in [0.1, 0.15) is 19.0 Å². The second kappa shape index (κ2) is 8.74. The summed E-state index contributed by atoms with van der Waals surface area (Å²) in [5.41, 5.74) is 1.81. The predicted molar refractivity (Wildman–Crippen MR) is 111 cm³/mol. The maximum atomic E-state index is 13.0. The molecule has 154 valence electrons. The zero-order chi connectivity index (χ0) is 20.2. The van der Waals surface area contributed by atoms with E-state index in [0.29, 0.717) is 30.3 Å². The second-order valence-corrected chi connectivity index (χ2v) is 7.58. The third-order valence-electron chi connectivity index (χ3n) is 5.60. The van der Waals surface area contributed by atoms with Crippen LogP contribution in [0.4, 0.5) is 0 Å². The van der Waals surface area contributed by atoms with E-state index >= 15 is 0 Å². The molecule has 0 radical (unpaired) electrons. The van der Waals surface area contributed by atoms with Crippen LogP contribution in [0, 0.1) is 0 Å². The van der Waals surface area contributed by atoms with Gasteiger partial charge in [0, 0.05) is 30.6 Å². The average Bonchev–Trinajstić information content (AvgIpc) is 3.15. The molecule has 0 spiro atoms. The molecule has 0 aromatic heterocycles. The van der Waals surface area contributed by atoms with E-state index in [1.807, 2.05) is 18.2 Å². The lowest BCUT2D eigenvalue weighted by molar-refractivity contribution is 0.0934. The van der Waals surface area contributed by atoms with Crippen LogP contribution in [0.25, 0.3) is 0 Å². The number of hydrogen-bond donors (Lipinski definition) is 1. The van der Waals surface area contributed by atoms with Crippen molar-refractivity contribution >= 4 is 5.91 Å². The maximum absolute atomic E-state index is 13.0. The molecule has 1 saturated heterocycles. The summed E-state index contributed by atoms with van der Waals surface area (Å²) in [7, 11) is 1.67. The van der Waals surface area contributed by atoms with Crippen LogP contribution in [0.3, 0.4) is 0 Å². The zero-order valence-electron chi connectivity index (χ0n) is 17.0. The number of carbonyl (C=O) groups excluding carboxylic acids is 1. The minimum absolute atomic E-state index is 0.0515. The number of methoxy groups -OCH3 is 1. The summed E-state index contributed by atoms with van der Waals surface area (Å²) in [5.74, 6) is 2.33. The van der Waals surface area contributed by atoms with Crippen LogP contribution in [0.1, 0.15) is 35.2 Å². The minimum atomic E-state index is -0.0798. The van der Waals surface area contributed by atoms with Gasteiger partial charge < -0.3 is 24.4 Å². The van der Waals surface area contributed by atoms with Gasteiger partial charge in [0.15, 0.2) is 11.5 Å². The number of carbonyl (C=O) groups is 1. The van der Waals surface area contributed by atoms with Crippen molar-refractivity contribution in [2.75, 3.05) is 40.0 Å². The Morgan fingerprint density at radius 2 is 1.86 bits per heavy atom. The molecule has 2 aromatic carbocycles. The molecule has 2 atom stereocenters. The molecule has 6 nitrogen and oxygen atoms in total. The fourth-order valence-corrected chi connectivity index (χ4v) is 4.16. The summed E-state index contributed by atoms with van der Waals surface area (Å²) in [5, 5.41) is 3.26. The highest BCUT2D eigenvalue weighted by molar-refractivity contribution is 5.95. The molecule has 2 heterocycles. The molecule has 4 rings (SSSR count). The molecule has 0 aliphatic carbocycles. The van der Waals surface area contributed by atoms with E-state index in [1.165, 1.54) is 5.56 Å². The van der Waals surface area contributed by atoms with Gasteiger partial charge in [-0.1, -0.05) is 19.1 Å². The third-order valence-corrected chi connectivity index (χ3v) is 5.60. The minimum Gasteiger partial charge on any atom is -0.497 e. The molecule has 0 saturated carbocycles. The van der Waals surface area contributed by atoms with Gasteiger partial charge in [0.05, 0.1) is 7.11 Å². The van der Waals surface area contributed by atoms with E-state index in [2.05, 4.69) is 29.3 Å². The van der Waals surface area contributed by atoms with Crippen molar-refractivity contribution in [2.45, 2.75) is 25.3 Å². The number of benzene rings is 2. The summed E-state index contributed by atoms with van der Waals surface area (Å²) >= 11 is 0. The molecule has 1 N–H and O–H groups in total. The second-order valence-electron chi connectivity index (χ2n) is 7.58. The van der Waals surface area contributed by atoms with E-state index in [1.54, 1.807) is 19.2 Å². The van der Waals surface area contributed by atoms with Crippen molar-refractivity contribution in [1.82, 2.24) is 10.2 Å². The van der Waals surface area contributed by atoms with Crippen molar-refractivity contribution in [3.05, 3.63) is 53.6 Å². The Bertz CT molecular complexity index is 852. The quantitative estimate of drug-likeness (QED) is 0.813. The standard InChI is InChI=1S/C23H28N2O4/c1-3-10-25-14-19(16-4-7-18(27-2)8-5-16)20(15-25)24-23(26)17-6-9-21-22(13-17)29-12-11-28-21/h4-9,13,19-20H,3,10-12,14-15H2,1-2H3,(H,24,26)/t19-,20+/m1/s1. The van der Waals surface area contributed by atoms with Gasteiger partial charge in [0.25, 0.3) is 5.91 Å². The van der Waals surface area contributed by atoms with Crippen molar-refractivity contribution in [1.29, 1.82) is 0 Å². The van der Waals surface area contributed by atoms with Gasteiger partial charge >= 0.3 is 0 Å². The molecule has 6 heteroatoms. The van der Waals surface area contributed by atoms with Gasteiger partial charge in [-0.3, -0.25) is 4.79 Å². The van der Waals surface area contributed by atoms with Gasteiger partial charge in [0.2, 0.25) is 0 Å². The highest BCUT2D eigenvalue weighted by atomic mass is 16.6. The average molecular weight is 396 g/mol. The van der Waals surface area contributed by atoms with Crippen LogP contribution in [-0.2, 0) is 0 Å². The molecule has 0 bridgehead atoms. The number of ether oxygens (including phenoxy) is 3. The van der Waals surface area contributed by atoms with E-state index in [-0.39, 0.29) is 17.9 Å². The van der Waals surface area contributed by atoms with E-state index in [4.69, 9.17) is 14.2 Å². The number of nitrogens with zero attached hydrogens (tertiary/aromatic N) is 1. The van der Waals surface area contributed by atoms with Crippen molar-refractivity contribution in [3.8, 4) is 17.2 Å². The van der Waals surface area contributed by atoms with Gasteiger partial charge in [-0.15, -0.1) is 0 Å². The molecule has 2 aliphatic rings. The van der Waals surface area contributed by atoms with E-state index < -0.39 is 0 Å². The molecule has 1 amide bonds. The molecule has 29 heavy (non-hydrogen) atoms. The Morgan fingerprint density at radius 1 is 1.10 bits per heavy atom. The highest BCUT2D eigenvalue weighted by Gasteiger charge is 2.34. The van der Waals surface area contributed by atoms with Crippen molar-refractivity contribution in [3.63, 3.8) is 0 Å². The summed E-state index contributed by atoms with van der Waals surface area (Å²) in [4.78, 5) is 15.4. The molecule has 1 fully saturated rings. The van der Waals surface area contributed by atoms with Crippen LogP contribution >= 0.6 is 0 Å². The summed E-state index contributed by atoms with van der Waals surface area (Å²) in [6, 6.07) is 13.6. The number of amides is 1. The van der Waals surface area contributed by atoms with Crippen LogP contribution in [0.15, 0.2) is 42.5 Å². The topological polar surface area (TPSA) is 60.0 Å². The zero-order valence-corrected chi connectivity index (χ0v) is 17.0. The first-order valence-electron chi connectivity index (χ1n) is 10.2. The number of rotatable bonds is 6. The Hall–Kier alpha value is -2.73. The number of likely N-dealkylation sites (tertiary alicyclic amines) is 1. The Labute approximate surface area is 171 Å². The first-order chi connectivity index (χ1) is 14.2. The Morgan fingerprint density at radius 3 is 2.59 bits per heavy atom. The molecule has 2 aromatic rings.